The van der Waals surface area contributed by atoms with Crippen LogP contribution in [0.25, 0.3) is 0 Å². The lowest BCUT2D eigenvalue weighted by molar-refractivity contribution is -0.159. The molecule has 0 bridgehead atoms. The first kappa shape index (κ1) is 39.6. The number of carbonyl (C=O) groups excluding carboxylic acids is 4. The molecule has 3 unspecified atom stereocenters. The number of nitrogens with zero attached hydrogens (tertiary/aromatic N) is 1. The van der Waals surface area contributed by atoms with E-state index in [1.807, 2.05) is 68.4 Å². The molecule has 0 aromatic heterocycles. The Morgan fingerprint density at radius 1 is 0.700 bits per heavy atom. The summed E-state index contributed by atoms with van der Waals surface area (Å²) in [5, 5.41) is 15.5. The van der Waals surface area contributed by atoms with Gasteiger partial charge in [-0.15, -0.1) is 0 Å². The number of phenols is 1. The number of hydrogen-bond donors (Lipinski definition) is 3. The largest absolute Gasteiger partial charge is 0.508 e. The molecule has 0 fully saturated rings. The van der Waals surface area contributed by atoms with Gasteiger partial charge in [-0.1, -0.05) is 80.6 Å². The quantitative estimate of drug-likeness (QED) is 0.166. The van der Waals surface area contributed by atoms with Crippen molar-refractivity contribution in [1.82, 2.24) is 15.5 Å². The number of esters is 1. The molecule has 0 heterocycles. The van der Waals surface area contributed by atoms with E-state index >= 15 is 0 Å². The van der Waals surface area contributed by atoms with Crippen molar-refractivity contribution in [3.8, 4) is 5.75 Å². The van der Waals surface area contributed by atoms with Gasteiger partial charge in [0.25, 0.3) is 0 Å². The molecule has 3 aromatic carbocycles. The van der Waals surface area contributed by atoms with Crippen molar-refractivity contribution in [3.63, 3.8) is 0 Å². The molecule has 3 amide bonds. The van der Waals surface area contributed by atoms with E-state index in [0.717, 1.165) is 17.5 Å². The van der Waals surface area contributed by atoms with Crippen LogP contribution in [0, 0.1) is 0 Å². The normalized spacial score (nSPS) is 13.4. The molecular formula is C40H53N3O7. The molecule has 0 aliphatic carbocycles. The van der Waals surface area contributed by atoms with Crippen molar-refractivity contribution in [2.24, 2.45) is 0 Å². The Balaban J connectivity index is 2.09. The van der Waals surface area contributed by atoms with Gasteiger partial charge in [-0.05, 0) is 88.8 Å². The monoisotopic (exact) mass is 687 g/mol. The zero-order chi connectivity index (χ0) is 37.1. The molecule has 3 aromatic rings. The maximum Gasteiger partial charge on any atom is 0.408 e. The fraction of sp³-hybridized carbons (Fsp3) is 0.450. The highest BCUT2D eigenvalue weighted by atomic mass is 16.6. The summed E-state index contributed by atoms with van der Waals surface area (Å²) in [6, 6.07) is 19.8. The van der Waals surface area contributed by atoms with E-state index in [1.54, 1.807) is 53.7 Å². The first-order chi connectivity index (χ1) is 23.5. The van der Waals surface area contributed by atoms with E-state index in [4.69, 9.17) is 9.47 Å². The Morgan fingerprint density at radius 3 is 1.78 bits per heavy atom. The van der Waals surface area contributed by atoms with Crippen molar-refractivity contribution < 1.29 is 33.8 Å². The minimum atomic E-state index is -1.16. The number of ether oxygens (including phenoxy) is 2. The molecule has 3 N–H and O–H groups in total. The Morgan fingerprint density at radius 2 is 1.24 bits per heavy atom. The van der Waals surface area contributed by atoms with Crippen molar-refractivity contribution in [1.29, 1.82) is 0 Å². The van der Waals surface area contributed by atoms with Crippen molar-refractivity contribution in [3.05, 3.63) is 101 Å². The molecule has 0 radical (unpaired) electrons. The van der Waals surface area contributed by atoms with Crippen LogP contribution in [0.4, 0.5) is 4.79 Å². The third-order valence-electron chi connectivity index (χ3n) is 7.67. The minimum Gasteiger partial charge on any atom is -0.508 e. The van der Waals surface area contributed by atoms with Gasteiger partial charge in [-0.3, -0.25) is 9.59 Å². The molecule has 0 spiro atoms. The third kappa shape index (κ3) is 12.5. The summed E-state index contributed by atoms with van der Waals surface area (Å²) in [7, 11) is 0. The first-order valence-corrected chi connectivity index (χ1v) is 17.2. The fourth-order valence-electron chi connectivity index (χ4n) is 5.40. The second-order valence-electron chi connectivity index (χ2n) is 14.4. The number of nitrogens with one attached hydrogen (secondary N) is 2. The Hall–Kier alpha value is -4.86. The molecular weight excluding hydrogens is 634 g/mol. The van der Waals surface area contributed by atoms with Gasteiger partial charge in [0.05, 0.1) is 0 Å². The topological polar surface area (TPSA) is 134 Å². The molecule has 0 aliphatic heterocycles. The maximum atomic E-state index is 14.7. The molecule has 10 heteroatoms. The van der Waals surface area contributed by atoms with E-state index < -0.39 is 53.2 Å². The van der Waals surface area contributed by atoms with Crippen molar-refractivity contribution in [2.75, 3.05) is 6.54 Å². The van der Waals surface area contributed by atoms with Gasteiger partial charge in [0.2, 0.25) is 11.8 Å². The second-order valence-corrected chi connectivity index (χ2v) is 14.4. The summed E-state index contributed by atoms with van der Waals surface area (Å²) < 4.78 is 11.2. The molecule has 0 saturated heterocycles. The fourth-order valence-corrected chi connectivity index (χ4v) is 5.40. The van der Waals surface area contributed by atoms with Crippen LogP contribution in [0.5, 0.6) is 5.75 Å². The average molecular weight is 688 g/mol. The van der Waals surface area contributed by atoms with Gasteiger partial charge >= 0.3 is 12.1 Å². The molecule has 3 atom stereocenters. The van der Waals surface area contributed by atoms with E-state index in [0.29, 0.717) is 17.5 Å². The number of carbonyl (C=O) groups is 4. The van der Waals surface area contributed by atoms with Gasteiger partial charge in [0.15, 0.2) is 0 Å². The van der Waals surface area contributed by atoms with Crippen LogP contribution in [-0.2, 0) is 43.1 Å². The molecule has 0 saturated carbocycles. The van der Waals surface area contributed by atoms with Crippen LogP contribution in [0.1, 0.15) is 90.1 Å². The molecule has 270 valence electrons. The summed E-state index contributed by atoms with van der Waals surface area (Å²) in [6.45, 7) is 14.6. The maximum absolute atomic E-state index is 14.7. The number of aromatic hydroxyl groups is 1. The van der Waals surface area contributed by atoms with Gasteiger partial charge in [-0.2, -0.15) is 0 Å². The van der Waals surface area contributed by atoms with Gasteiger partial charge < -0.3 is 30.1 Å². The van der Waals surface area contributed by atoms with Crippen LogP contribution < -0.4 is 10.6 Å². The summed E-state index contributed by atoms with van der Waals surface area (Å²) >= 11 is 0. The van der Waals surface area contributed by atoms with Crippen LogP contribution in [0.3, 0.4) is 0 Å². The second kappa shape index (κ2) is 17.7. The summed E-state index contributed by atoms with van der Waals surface area (Å²) in [5.74, 6) is -1.61. The SMILES string of the molecule is CCCN(C(=O)C(Cc1ccc(O)cc1)NC(=O)OC(C)(C)C)C(C(=O)NC(Cc1ccccc1)C(=O)OC(C)(C)C)c1ccc(CC)cc1. The smallest absolute Gasteiger partial charge is 0.408 e. The van der Waals surface area contributed by atoms with E-state index in [2.05, 4.69) is 10.6 Å². The Labute approximate surface area is 296 Å². The lowest BCUT2D eigenvalue weighted by Gasteiger charge is -2.35. The molecule has 3 rings (SSSR count). The summed E-state index contributed by atoms with van der Waals surface area (Å²) in [5.41, 5.74) is 1.47. The van der Waals surface area contributed by atoms with E-state index in [-0.39, 0.29) is 25.1 Å². The van der Waals surface area contributed by atoms with Gasteiger partial charge in [0, 0.05) is 19.4 Å². The van der Waals surface area contributed by atoms with Crippen LogP contribution in [-0.4, -0.2) is 63.7 Å². The molecule has 0 aliphatic rings. The highest BCUT2D eigenvalue weighted by Crippen LogP contribution is 2.26. The summed E-state index contributed by atoms with van der Waals surface area (Å²) in [6.07, 6.45) is 0.735. The number of hydrogen-bond acceptors (Lipinski definition) is 7. The lowest BCUT2D eigenvalue weighted by atomic mass is 9.98. The van der Waals surface area contributed by atoms with E-state index in [9.17, 15) is 24.3 Å². The average Bonchev–Trinajstić information content (AvgIpc) is 3.03. The van der Waals surface area contributed by atoms with E-state index in [1.165, 1.54) is 17.0 Å². The number of aryl methyl sites for hydroxylation is 1. The third-order valence-corrected chi connectivity index (χ3v) is 7.67. The number of benzene rings is 3. The molecule has 50 heavy (non-hydrogen) atoms. The zero-order valence-corrected chi connectivity index (χ0v) is 30.6. The van der Waals surface area contributed by atoms with Crippen LogP contribution >= 0.6 is 0 Å². The lowest BCUT2D eigenvalue weighted by Crippen LogP contribution is -2.55. The number of rotatable bonds is 14. The minimum absolute atomic E-state index is 0.0617. The first-order valence-electron chi connectivity index (χ1n) is 17.2. The highest BCUT2D eigenvalue weighted by Gasteiger charge is 2.38. The zero-order valence-electron chi connectivity index (χ0n) is 30.6. The number of alkyl carbamates (subject to hydrolysis) is 1. The van der Waals surface area contributed by atoms with Crippen LogP contribution in [0.2, 0.25) is 0 Å². The van der Waals surface area contributed by atoms with Crippen molar-refractivity contribution >= 4 is 23.9 Å². The Bertz CT molecular complexity index is 1560. The predicted molar refractivity (Wildman–Crippen MR) is 193 cm³/mol. The van der Waals surface area contributed by atoms with Gasteiger partial charge in [0.1, 0.15) is 35.1 Å². The summed E-state index contributed by atoms with van der Waals surface area (Å²) in [4.78, 5) is 57.3. The number of amides is 3. The standard InChI is InChI=1S/C40H53N3O7/c1-9-24-43(36(46)32(42-38(48)50-40(6,7)8)25-29-18-22-31(44)23-19-29)34(30-20-16-27(10-2)17-21-30)35(45)41-33(37(47)49-39(3,4)5)26-28-14-12-11-13-15-28/h11-23,32-34,44H,9-10,24-26H2,1-8H3,(H,41,45)(H,42,48). The highest BCUT2D eigenvalue weighted by molar-refractivity contribution is 5.94. The van der Waals surface area contributed by atoms with Crippen molar-refractivity contribution in [2.45, 2.75) is 110 Å². The molecule has 10 nitrogen and oxygen atoms in total. The number of phenolic OH excluding ortho intramolecular Hbond substituents is 1. The van der Waals surface area contributed by atoms with Gasteiger partial charge in [-0.25, -0.2) is 9.59 Å². The van der Waals surface area contributed by atoms with Crippen LogP contribution in [0.15, 0.2) is 78.9 Å². The Kier molecular flexibility index (Phi) is 14.0. The predicted octanol–water partition coefficient (Wildman–Crippen LogP) is 6.44.